The van der Waals surface area contributed by atoms with Crippen LogP contribution in [-0.4, -0.2) is 26.0 Å². The summed E-state index contributed by atoms with van der Waals surface area (Å²) >= 11 is 5.14. The van der Waals surface area contributed by atoms with Gasteiger partial charge in [-0.2, -0.15) is 0 Å². The molecular weight excluding hydrogens is 178 g/mol. The molecule has 1 N–H and O–H groups in total. The highest BCUT2D eigenvalue weighted by Gasteiger charge is 2.09. The molecule has 1 amide bonds. The van der Waals surface area contributed by atoms with Gasteiger partial charge in [-0.25, -0.2) is 8.42 Å². The van der Waals surface area contributed by atoms with E-state index in [1.165, 1.54) is 0 Å². The molecule has 6 heteroatoms. The molecule has 0 aliphatic carbocycles. The summed E-state index contributed by atoms with van der Waals surface area (Å²) in [6.07, 6.45) is 0. The molecule has 0 aromatic rings. The SMILES string of the molecule is CC(=O)NS(=O)(=O)CCCl. The fourth-order valence-corrected chi connectivity index (χ4v) is 1.72. The van der Waals surface area contributed by atoms with Gasteiger partial charge in [0.05, 0.1) is 5.75 Å². The summed E-state index contributed by atoms with van der Waals surface area (Å²) in [5, 5.41) is 0. The van der Waals surface area contributed by atoms with Crippen molar-refractivity contribution in [2.75, 3.05) is 11.6 Å². The molecule has 0 bridgehead atoms. The fraction of sp³-hybridized carbons (Fsp3) is 0.750. The average Bonchev–Trinajstić information content (AvgIpc) is 1.59. The molecule has 0 atom stereocenters. The quantitative estimate of drug-likeness (QED) is 0.614. The van der Waals surface area contributed by atoms with E-state index in [9.17, 15) is 13.2 Å². The van der Waals surface area contributed by atoms with Gasteiger partial charge in [0.1, 0.15) is 0 Å². The van der Waals surface area contributed by atoms with Crippen LogP contribution in [0.2, 0.25) is 0 Å². The minimum Gasteiger partial charge on any atom is -0.274 e. The maximum atomic E-state index is 10.6. The van der Waals surface area contributed by atoms with Crippen molar-refractivity contribution < 1.29 is 13.2 Å². The monoisotopic (exact) mass is 185 g/mol. The highest BCUT2D eigenvalue weighted by atomic mass is 35.5. The van der Waals surface area contributed by atoms with Gasteiger partial charge in [0.2, 0.25) is 15.9 Å². The van der Waals surface area contributed by atoms with E-state index < -0.39 is 15.9 Å². The van der Waals surface area contributed by atoms with Crippen LogP contribution >= 0.6 is 11.6 Å². The minimum atomic E-state index is -3.46. The summed E-state index contributed by atoms with van der Waals surface area (Å²) in [7, 11) is -3.46. The van der Waals surface area contributed by atoms with E-state index in [1.807, 2.05) is 0 Å². The van der Waals surface area contributed by atoms with Gasteiger partial charge in [0.15, 0.2) is 0 Å². The van der Waals surface area contributed by atoms with Gasteiger partial charge in [-0.3, -0.25) is 9.52 Å². The van der Waals surface area contributed by atoms with Gasteiger partial charge in [0, 0.05) is 12.8 Å². The molecule has 60 valence electrons. The van der Waals surface area contributed by atoms with Crippen molar-refractivity contribution in [2.45, 2.75) is 6.92 Å². The Kier molecular flexibility index (Phi) is 3.67. The Morgan fingerprint density at radius 3 is 2.40 bits per heavy atom. The van der Waals surface area contributed by atoms with Crippen LogP contribution in [0.25, 0.3) is 0 Å². The number of hydrogen-bond acceptors (Lipinski definition) is 3. The zero-order valence-corrected chi connectivity index (χ0v) is 7.00. The number of carbonyl (C=O) groups excluding carboxylic acids is 1. The summed E-state index contributed by atoms with van der Waals surface area (Å²) in [5.41, 5.74) is 0. The Morgan fingerprint density at radius 2 is 2.10 bits per heavy atom. The van der Waals surface area contributed by atoms with Crippen molar-refractivity contribution in [1.82, 2.24) is 4.72 Å². The predicted molar refractivity (Wildman–Crippen MR) is 38.3 cm³/mol. The molecule has 0 aromatic carbocycles. The molecule has 0 spiro atoms. The summed E-state index contributed by atoms with van der Waals surface area (Å²) in [5.74, 6) is -0.832. The van der Waals surface area contributed by atoms with Crippen LogP contribution in [0.1, 0.15) is 6.92 Å². The van der Waals surface area contributed by atoms with E-state index in [4.69, 9.17) is 11.6 Å². The van der Waals surface area contributed by atoms with Crippen LogP contribution in [0, 0.1) is 0 Å². The molecule has 0 aromatic heterocycles. The summed E-state index contributed by atoms with van der Waals surface area (Å²) in [6, 6.07) is 0. The topological polar surface area (TPSA) is 63.2 Å². The van der Waals surface area contributed by atoms with Gasteiger partial charge in [-0.1, -0.05) is 0 Å². The van der Waals surface area contributed by atoms with Crippen LogP contribution in [0.5, 0.6) is 0 Å². The van der Waals surface area contributed by atoms with Crippen LogP contribution in [-0.2, 0) is 14.8 Å². The maximum Gasteiger partial charge on any atom is 0.236 e. The van der Waals surface area contributed by atoms with Crippen molar-refractivity contribution in [3.8, 4) is 0 Å². The first-order valence-corrected chi connectivity index (χ1v) is 4.73. The lowest BCUT2D eigenvalue weighted by molar-refractivity contribution is -0.117. The Morgan fingerprint density at radius 1 is 1.60 bits per heavy atom. The van der Waals surface area contributed by atoms with Crippen molar-refractivity contribution in [3.05, 3.63) is 0 Å². The zero-order chi connectivity index (χ0) is 8.20. The largest absolute Gasteiger partial charge is 0.274 e. The second kappa shape index (κ2) is 3.78. The lowest BCUT2D eigenvalue weighted by Gasteiger charge is -1.99. The second-order valence-electron chi connectivity index (χ2n) is 1.67. The Balaban J connectivity index is 4.02. The molecule has 4 nitrogen and oxygen atoms in total. The molecule has 0 unspecified atom stereocenters. The molecule has 0 fully saturated rings. The zero-order valence-electron chi connectivity index (χ0n) is 5.43. The van der Waals surface area contributed by atoms with E-state index >= 15 is 0 Å². The molecule has 10 heavy (non-hydrogen) atoms. The molecule has 0 saturated heterocycles. The molecule has 0 aliphatic rings. The molecule has 0 aliphatic heterocycles. The van der Waals surface area contributed by atoms with E-state index in [-0.39, 0.29) is 11.6 Å². The first-order chi connectivity index (χ1) is 4.48. The lowest BCUT2D eigenvalue weighted by atomic mass is 10.8. The number of carbonyl (C=O) groups is 1. The number of rotatable bonds is 3. The minimum absolute atomic E-state index is 0.0113. The van der Waals surface area contributed by atoms with Crippen molar-refractivity contribution in [2.24, 2.45) is 0 Å². The Labute approximate surface area is 64.6 Å². The Bertz CT molecular complexity index is 211. The summed E-state index contributed by atoms with van der Waals surface area (Å²) in [4.78, 5) is 10.2. The smallest absolute Gasteiger partial charge is 0.236 e. The van der Waals surface area contributed by atoms with Crippen molar-refractivity contribution in [3.63, 3.8) is 0 Å². The van der Waals surface area contributed by atoms with Crippen LogP contribution in [0.4, 0.5) is 0 Å². The third kappa shape index (κ3) is 4.58. The standard InChI is InChI=1S/C4H8ClNO3S/c1-4(7)6-10(8,9)3-2-5/h2-3H2,1H3,(H,6,7). The normalized spacial score (nSPS) is 11.0. The van der Waals surface area contributed by atoms with Crippen molar-refractivity contribution >= 4 is 27.5 Å². The van der Waals surface area contributed by atoms with E-state index in [2.05, 4.69) is 0 Å². The van der Waals surface area contributed by atoms with Gasteiger partial charge in [0.25, 0.3) is 0 Å². The van der Waals surface area contributed by atoms with Gasteiger partial charge in [-0.05, 0) is 0 Å². The number of halogens is 1. The van der Waals surface area contributed by atoms with E-state index in [1.54, 1.807) is 4.72 Å². The van der Waals surface area contributed by atoms with Gasteiger partial charge in [-0.15, -0.1) is 11.6 Å². The molecule has 0 saturated carbocycles. The van der Waals surface area contributed by atoms with Crippen LogP contribution < -0.4 is 4.72 Å². The number of nitrogens with one attached hydrogen (secondary N) is 1. The summed E-state index contributed by atoms with van der Waals surface area (Å²) < 4.78 is 23.0. The molecule has 0 heterocycles. The predicted octanol–water partition coefficient (Wildman–Crippen LogP) is -0.309. The summed E-state index contributed by atoms with van der Waals surface area (Å²) in [6.45, 7) is 1.13. The Hall–Kier alpha value is -0.290. The van der Waals surface area contributed by atoms with Crippen LogP contribution in [0.3, 0.4) is 0 Å². The second-order valence-corrected chi connectivity index (χ2v) is 3.89. The van der Waals surface area contributed by atoms with Gasteiger partial charge < -0.3 is 0 Å². The highest BCUT2D eigenvalue weighted by molar-refractivity contribution is 7.90. The fourth-order valence-electron chi connectivity index (χ4n) is 0.372. The average molecular weight is 186 g/mol. The number of sulfonamides is 1. The first kappa shape index (κ1) is 9.71. The van der Waals surface area contributed by atoms with E-state index in [0.717, 1.165) is 6.92 Å². The number of hydrogen-bond donors (Lipinski definition) is 1. The van der Waals surface area contributed by atoms with Crippen molar-refractivity contribution in [1.29, 1.82) is 0 Å². The van der Waals surface area contributed by atoms with E-state index in [0.29, 0.717) is 0 Å². The lowest BCUT2D eigenvalue weighted by Crippen LogP contribution is -2.30. The number of amides is 1. The third-order valence-electron chi connectivity index (χ3n) is 0.645. The molecule has 0 rings (SSSR count). The molecule has 0 radical (unpaired) electrons. The third-order valence-corrected chi connectivity index (χ3v) is 2.40. The highest BCUT2D eigenvalue weighted by Crippen LogP contribution is 1.85. The molecular formula is C4H8ClNO3S. The number of alkyl halides is 1. The maximum absolute atomic E-state index is 10.6. The van der Waals surface area contributed by atoms with Crippen LogP contribution in [0.15, 0.2) is 0 Å². The first-order valence-electron chi connectivity index (χ1n) is 2.55. The van der Waals surface area contributed by atoms with Gasteiger partial charge >= 0.3 is 0 Å².